The van der Waals surface area contributed by atoms with Crippen LogP contribution in [-0.4, -0.2) is 60.5 Å². The number of ether oxygens (including phenoxy) is 2. The van der Waals surface area contributed by atoms with Gasteiger partial charge in [0.05, 0.1) is 18.8 Å². The van der Waals surface area contributed by atoms with Crippen molar-refractivity contribution in [2.45, 2.75) is 57.1 Å². The van der Waals surface area contributed by atoms with Crippen LogP contribution in [0.2, 0.25) is 0 Å². The zero-order valence-electron chi connectivity index (χ0n) is 16.9. The van der Waals surface area contributed by atoms with E-state index in [1.807, 2.05) is 4.90 Å². The first-order valence-corrected chi connectivity index (χ1v) is 10.9. The van der Waals surface area contributed by atoms with Crippen LogP contribution >= 0.6 is 0 Å². The van der Waals surface area contributed by atoms with Gasteiger partial charge in [-0.1, -0.05) is 31.2 Å². The van der Waals surface area contributed by atoms with Crippen molar-refractivity contribution in [3.05, 3.63) is 35.4 Å². The predicted octanol–water partition coefficient (Wildman–Crippen LogP) is 2.59. The molecule has 4 rings (SSSR count). The van der Waals surface area contributed by atoms with Gasteiger partial charge in [-0.25, -0.2) is 0 Å². The van der Waals surface area contributed by atoms with E-state index in [1.165, 1.54) is 11.1 Å². The van der Waals surface area contributed by atoms with E-state index in [2.05, 4.69) is 31.2 Å². The zero-order chi connectivity index (χ0) is 19.6. The van der Waals surface area contributed by atoms with Gasteiger partial charge in [0.2, 0.25) is 5.91 Å². The van der Waals surface area contributed by atoms with Crippen LogP contribution in [0.25, 0.3) is 0 Å². The molecule has 0 saturated carbocycles. The number of hydrogen-bond donors (Lipinski definition) is 1. The fraction of sp³-hybridized carbons (Fsp3) is 0.696. The summed E-state index contributed by atoms with van der Waals surface area (Å²) < 4.78 is 11.3. The Hall–Kier alpha value is -1.43. The van der Waals surface area contributed by atoms with E-state index in [-0.39, 0.29) is 23.8 Å². The van der Waals surface area contributed by atoms with E-state index in [4.69, 9.17) is 9.47 Å². The van der Waals surface area contributed by atoms with Crippen molar-refractivity contribution in [1.82, 2.24) is 4.90 Å². The minimum Gasteiger partial charge on any atom is -0.389 e. The summed E-state index contributed by atoms with van der Waals surface area (Å²) in [6.45, 7) is 5.13. The highest BCUT2D eigenvalue weighted by molar-refractivity contribution is 5.77. The van der Waals surface area contributed by atoms with Crippen molar-refractivity contribution in [2.24, 2.45) is 11.8 Å². The Morgan fingerprint density at radius 1 is 1.18 bits per heavy atom. The number of benzene rings is 1. The Bertz CT molecular complexity index is 676. The lowest BCUT2D eigenvalue weighted by molar-refractivity contribution is -0.219. The van der Waals surface area contributed by atoms with Crippen molar-refractivity contribution in [3.63, 3.8) is 0 Å². The van der Waals surface area contributed by atoms with Gasteiger partial charge >= 0.3 is 0 Å². The van der Waals surface area contributed by atoms with E-state index in [1.54, 1.807) is 0 Å². The molecule has 5 heteroatoms. The van der Waals surface area contributed by atoms with Gasteiger partial charge in [-0.05, 0) is 36.8 Å². The van der Waals surface area contributed by atoms with E-state index in [9.17, 15) is 9.90 Å². The lowest BCUT2D eigenvalue weighted by atomic mass is 9.66. The lowest BCUT2D eigenvalue weighted by Gasteiger charge is -2.57. The maximum Gasteiger partial charge on any atom is 0.222 e. The first-order chi connectivity index (χ1) is 13.6. The maximum absolute atomic E-state index is 13.1. The van der Waals surface area contributed by atoms with Crippen LogP contribution in [-0.2, 0) is 27.1 Å². The van der Waals surface area contributed by atoms with Crippen LogP contribution < -0.4 is 0 Å². The molecule has 1 N–H and O–H groups in total. The molecule has 4 atom stereocenters. The first kappa shape index (κ1) is 19.9. The number of nitrogens with zero attached hydrogens (tertiary/aromatic N) is 1. The molecule has 0 aliphatic carbocycles. The maximum atomic E-state index is 13.1. The van der Waals surface area contributed by atoms with E-state index >= 15 is 0 Å². The number of carbonyl (C=O) groups excluding carboxylic acids is 1. The fourth-order valence-corrected chi connectivity index (χ4v) is 5.27. The largest absolute Gasteiger partial charge is 0.389 e. The number of rotatable bonds is 5. The van der Waals surface area contributed by atoms with E-state index < -0.39 is 5.60 Å². The highest BCUT2D eigenvalue weighted by Gasteiger charge is 2.56. The van der Waals surface area contributed by atoms with Crippen LogP contribution in [0.5, 0.6) is 0 Å². The highest BCUT2D eigenvalue weighted by Crippen LogP contribution is 2.44. The summed E-state index contributed by atoms with van der Waals surface area (Å²) in [4.78, 5) is 15.1. The van der Waals surface area contributed by atoms with Gasteiger partial charge in [0, 0.05) is 50.5 Å². The SMILES string of the molecule is CCc1ccc(CCCC(=O)N2C[C@H]3COCC[C@@]3(O)[C@@H]3COCC[C@@H]32)cc1. The van der Waals surface area contributed by atoms with Crippen molar-refractivity contribution in [3.8, 4) is 0 Å². The van der Waals surface area contributed by atoms with E-state index in [0.717, 1.165) is 25.7 Å². The minimum absolute atomic E-state index is 0.00487. The third kappa shape index (κ3) is 3.85. The monoisotopic (exact) mass is 387 g/mol. The number of carbonyl (C=O) groups is 1. The summed E-state index contributed by atoms with van der Waals surface area (Å²) in [7, 11) is 0. The molecule has 154 valence electrons. The van der Waals surface area contributed by atoms with Crippen molar-refractivity contribution < 1.29 is 19.4 Å². The Kier molecular flexibility index (Phi) is 6.04. The predicted molar refractivity (Wildman–Crippen MR) is 107 cm³/mol. The lowest BCUT2D eigenvalue weighted by Crippen LogP contribution is -2.68. The Morgan fingerprint density at radius 3 is 2.71 bits per heavy atom. The van der Waals surface area contributed by atoms with Crippen molar-refractivity contribution >= 4 is 5.91 Å². The third-order valence-electron chi connectivity index (χ3n) is 7.06. The topological polar surface area (TPSA) is 59.0 Å². The van der Waals surface area contributed by atoms with Crippen LogP contribution in [0.1, 0.15) is 43.7 Å². The smallest absolute Gasteiger partial charge is 0.222 e. The van der Waals surface area contributed by atoms with Gasteiger partial charge < -0.3 is 19.5 Å². The number of piperidine rings is 1. The number of amides is 1. The minimum atomic E-state index is -0.749. The molecule has 1 aromatic carbocycles. The molecule has 0 radical (unpaired) electrons. The summed E-state index contributed by atoms with van der Waals surface area (Å²) in [5.74, 6) is 0.221. The fourth-order valence-electron chi connectivity index (χ4n) is 5.27. The highest BCUT2D eigenvalue weighted by atomic mass is 16.5. The molecule has 3 fully saturated rings. The summed E-state index contributed by atoms with van der Waals surface area (Å²) in [5, 5.41) is 11.4. The number of likely N-dealkylation sites (tertiary alicyclic amines) is 1. The Morgan fingerprint density at radius 2 is 1.93 bits per heavy atom. The first-order valence-electron chi connectivity index (χ1n) is 10.9. The molecule has 3 aliphatic rings. The quantitative estimate of drug-likeness (QED) is 0.844. The average molecular weight is 388 g/mol. The Labute approximate surface area is 168 Å². The van der Waals surface area contributed by atoms with Crippen LogP contribution in [0.3, 0.4) is 0 Å². The molecule has 0 aromatic heterocycles. The zero-order valence-corrected chi connectivity index (χ0v) is 16.9. The number of aryl methyl sites for hydroxylation is 2. The average Bonchev–Trinajstić information content (AvgIpc) is 2.73. The Balaban J connectivity index is 1.38. The summed E-state index contributed by atoms with van der Waals surface area (Å²) >= 11 is 0. The molecule has 0 spiro atoms. The second-order valence-electron chi connectivity index (χ2n) is 8.62. The number of aliphatic hydroxyl groups is 1. The van der Waals surface area contributed by atoms with Gasteiger partial charge in [-0.3, -0.25) is 4.79 Å². The molecular weight excluding hydrogens is 354 g/mol. The van der Waals surface area contributed by atoms with Crippen LogP contribution in [0.4, 0.5) is 0 Å². The summed E-state index contributed by atoms with van der Waals surface area (Å²) in [6, 6.07) is 8.82. The molecule has 3 saturated heterocycles. The molecule has 0 unspecified atom stereocenters. The van der Waals surface area contributed by atoms with Crippen LogP contribution in [0.15, 0.2) is 24.3 Å². The molecular formula is C23H33NO4. The standard InChI is InChI=1S/C23H33NO4/c1-2-17-6-8-18(9-7-17)4-3-5-22(25)24-14-19-15-28-13-11-23(19,26)20-16-27-12-10-21(20)24/h6-9,19-21,26H,2-5,10-16H2,1H3/t19-,20+,21-,23-/m0/s1. The summed E-state index contributed by atoms with van der Waals surface area (Å²) in [5.41, 5.74) is 1.89. The summed E-state index contributed by atoms with van der Waals surface area (Å²) in [6.07, 6.45) is 4.88. The molecule has 28 heavy (non-hydrogen) atoms. The second kappa shape index (κ2) is 8.52. The van der Waals surface area contributed by atoms with Gasteiger partial charge in [0.25, 0.3) is 0 Å². The number of hydrogen-bond acceptors (Lipinski definition) is 4. The molecule has 0 bridgehead atoms. The normalized spacial score (nSPS) is 32.5. The van der Waals surface area contributed by atoms with E-state index in [0.29, 0.717) is 45.8 Å². The second-order valence-corrected chi connectivity index (χ2v) is 8.62. The van der Waals surface area contributed by atoms with Gasteiger partial charge in [-0.15, -0.1) is 0 Å². The van der Waals surface area contributed by atoms with Crippen LogP contribution in [0, 0.1) is 11.8 Å². The molecule has 5 nitrogen and oxygen atoms in total. The van der Waals surface area contributed by atoms with Gasteiger partial charge in [-0.2, -0.15) is 0 Å². The van der Waals surface area contributed by atoms with Crippen molar-refractivity contribution in [1.29, 1.82) is 0 Å². The van der Waals surface area contributed by atoms with Gasteiger partial charge in [0.1, 0.15) is 0 Å². The molecule has 1 aromatic rings. The molecule has 1 amide bonds. The van der Waals surface area contributed by atoms with Crippen molar-refractivity contribution in [2.75, 3.05) is 33.0 Å². The third-order valence-corrected chi connectivity index (χ3v) is 7.06. The molecule has 3 aliphatic heterocycles. The number of fused-ring (bicyclic) bond motifs is 3. The molecule has 3 heterocycles. The van der Waals surface area contributed by atoms with Gasteiger partial charge in [0.15, 0.2) is 0 Å².